The lowest BCUT2D eigenvalue weighted by molar-refractivity contribution is 0.0686. The average molecular weight is 257 g/mol. The van der Waals surface area contributed by atoms with E-state index in [-0.39, 0.29) is 5.56 Å². The van der Waals surface area contributed by atoms with Gasteiger partial charge in [0.05, 0.1) is 11.1 Å². The number of hydrogen-bond acceptors (Lipinski definition) is 2. The van der Waals surface area contributed by atoms with Crippen molar-refractivity contribution >= 4 is 11.9 Å². The van der Waals surface area contributed by atoms with Crippen LogP contribution in [-0.2, 0) is 12.8 Å². The summed E-state index contributed by atoms with van der Waals surface area (Å²) in [5, 5.41) is 8.95. The molecule has 0 saturated heterocycles. The number of carboxylic acid groups (broad SMARTS) is 1. The van der Waals surface area contributed by atoms with E-state index in [1.165, 1.54) is 6.07 Å². The van der Waals surface area contributed by atoms with Gasteiger partial charge in [-0.2, -0.15) is 5.54 Å². The summed E-state index contributed by atoms with van der Waals surface area (Å²) in [5.41, 5.74) is 0.208. The van der Waals surface area contributed by atoms with Crippen LogP contribution in [0.3, 0.4) is 0 Å². The first kappa shape index (κ1) is 14.1. The molecule has 0 aromatic heterocycles. The standard InChI is InChI=1S/C12H13F2NO3/c1-3-6-5-8(12(17)18)9(11(16)15-14)10(13)7(6)4-2/h5H,3-4H2,1-2H3,(H,15,16)(H,17,18). The molecule has 2 N–H and O–H groups in total. The molecule has 0 aliphatic heterocycles. The second kappa shape index (κ2) is 5.57. The Bertz CT molecular complexity index is 501. The van der Waals surface area contributed by atoms with Crippen molar-refractivity contribution in [3.05, 3.63) is 34.1 Å². The van der Waals surface area contributed by atoms with Crippen molar-refractivity contribution in [2.24, 2.45) is 0 Å². The molecule has 4 nitrogen and oxygen atoms in total. The van der Waals surface area contributed by atoms with E-state index in [1.54, 1.807) is 13.8 Å². The van der Waals surface area contributed by atoms with Crippen molar-refractivity contribution < 1.29 is 23.6 Å². The highest BCUT2D eigenvalue weighted by atomic mass is 19.2. The molecule has 0 bridgehead atoms. The summed E-state index contributed by atoms with van der Waals surface area (Å²) in [6.07, 6.45) is 0.722. The van der Waals surface area contributed by atoms with Crippen LogP contribution >= 0.6 is 0 Å². The van der Waals surface area contributed by atoms with Crippen LogP contribution in [0.25, 0.3) is 0 Å². The Labute approximate surface area is 103 Å². The normalized spacial score (nSPS) is 10.2. The van der Waals surface area contributed by atoms with Gasteiger partial charge in [-0.25, -0.2) is 9.18 Å². The SMILES string of the molecule is CCc1cc(C(=O)O)c(C(=O)NF)c(F)c1CC. The molecule has 0 radical (unpaired) electrons. The van der Waals surface area contributed by atoms with Gasteiger partial charge in [0.15, 0.2) is 0 Å². The fraction of sp³-hybridized carbons (Fsp3) is 0.333. The number of aromatic carboxylic acids is 1. The maximum absolute atomic E-state index is 14.1. The number of aryl methyl sites for hydroxylation is 1. The molecule has 0 unspecified atom stereocenters. The minimum absolute atomic E-state index is 0.237. The summed E-state index contributed by atoms with van der Waals surface area (Å²) < 4.78 is 26.2. The van der Waals surface area contributed by atoms with Gasteiger partial charge in [-0.15, -0.1) is 0 Å². The highest BCUT2D eigenvalue weighted by molar-refractivity contribution is 6.05. The van der Waals surface area contributed by atoms with Gasteiger partial charge in [0.2, 0.25) is 0 Å². The predicted molar refractivity (Wildman–Crippen MR) is 60.7 cm³/mol. The molecule has 1 aromatic rings. The lowest BCUT2D eigenvalue weighted by Gasteiger charge is -2.13. The number of carbonyl (C=O) groups is 2. The van der Waals surface area contributed by atoms with Gasteiger partial charge in [0.25, 0.3) is 5.91 Å². The summed E-state index contributed by atoms with van der Waals surface area (Å²) in [7, 11) is 0. The second-order valence-electron chi connectivity index (χ2n) is 3.69. The van der Waals surface area contributed by atoms with Crippen LogP contribution in [0.15, 0.2) is 6.07 Å². The van der Waals surface area contributed by atoms with Crippen molar-refractivity contribution in [3.8, 4) is 0 Å². The van der Waals surface area contributed by atoms with E-state index in [4.69, 9.17) is 5.11 Å². The zero-order valence-corrected chi connectivity index (χ0v) is 10.0. The van der Waals surface area contributed by atoms with E-state index >= 15 is 0 Å². The van der Waals surface area contributed by atoms with Crippen LogP contribution in [-0.4, -0.2) is 17.0 Å². The minimum Gasteiger partial charge on any atom is -0.478 e. The number of carbonyl (C=O) groups excluding carboxylic acids is 1. The maximum atomic E-state index is 14.1. The summed E-state index contributed by atoms with van der Waals surface area (Å²) in [4.78, 5) is 22.2. The number of carboxylic acids is 1. The fourth-order valence-corrected chi connectivity index (χ4v) is 1.88. The van der Waals surface area contributed by atoms with Gasteiger partial charge in [0.1, 0.15) is 5.82 Å². The van der Waals surface area contributed by atoms with Crippen LogP contribution in [0, 0.1) is 5.82 Å². The van der Waals surface area contributed by atoms with E-state index in [0.29, 0.717) is 18.4 Å². The molecular formula is C12H13F2NO3. The number of benzene rings is 1. The molecule has 0 fully saturated rings. The number of rotatable bonds is 4. The summed E-state index contributed by atoms with van der Waals surface area (Å²) in [6, 6.07) is 1.22. The van der Waals surface area contributed by atoms with Crippen LogP contribution in [0.1, 0.15) is 45.7 Å². The topological polar surface area (TPSA) is 66.4 Å². The van der Waals surface area contributed by atoms with Crippen LogP contribution < -0.4 is 5.54 Å². The number of amides is 1. The van der Waals surface area contributed by atoms with Crippen molar-refractivity contribution in [2.45, 2.75) is 26.7 Å². The zero-order valence-electron chi connectivity index (χ0n) is 10.0. The molecule has 18 heavy (non-hydrogen) atoms. The van der Waals surface area contributed by atoms with Gasteiger partial charge < -0.3 is 5.11 Å². The Hall–Kier alpha value is -1.98. The second-order valence-corrected chi connectivity index (χ2v) is 3.69. The van der Waals surface area contributed by atoms with E-state index in [1.807, 2.05) is 0 Å². The molecule has 1 rings (SSSR count). The van der Waals surface area contributed by atoms with Crippen molar-refractivity contribution in [1.82, 2.24) is 5.54 Å². The van der Waals surface area contributed by atoms with Crippen LogP contribution in [0.2, 0.25) is 0 Å². The third kappa shape index (κ3) is 2.32. The lowest BCUT2D eigenvalue weighted by Crippen LogP contribution is -2.21. The summed E-state index contributed by atoms with van der Waals surface area (Å²) in [5.74, 6) is -3.82. The van der Waals surface area contributed by atoms with E-state index in [2.05, 4.69) is 0 Å². The highest BCUT2D eigenvalue weighted by Crippen LogP contribution is 2.24. The molecule has 0 spiro atoms. The Morgan fingerprint density at radius 1 is 1.33 bits per heavy atom. The fourth-order valence-electron chi connectivity index (χ4n) is 1.88. The number of hydrogen-bond donors (Lipinski definition) is 2. The number of nitrogens with one attached hydrogen (secondary N) is 1. The molecule has 0 aliphatic rings. The van der Waals surface area contributed by atoms with Gasteiger partial charge in [-0.05, 0) is 30.0 Å². The highest BCUT2D eigenvalue weighted by Gasteiger charge is 2.25. The average Bonchev–Trinajstić information content (AvgIpc) is 2.36. The van der Waals surface area contributed by atoms with Crippen LogP contribution in [0.4, 0.5) is 8.87 Å². The summed E-state index contributed by atoms with van der Waals surface area (Å²) >= 11 is 0. The molecule has 1 aromatic carbocycles. The molecule has 0 atom stereocenters. The molecule has 6 heteroatoms. The van der Waals surface area contributed by atoms with E-state index in [9.17, 15) is 18.5 Å². The van der Waals surface area contributed by atoms with Gasteiger partial charge in [-0.3, -0.25) is 4.79 Å². The zero-order chi connectivity index (χ0) is 13.9. The molecule has 0 saturated carbocycles. The minimum atomic E-state index is -1.47. The largest absolute Gasteiger partial charge is 0.478 e. The quantitative estimate of drug-likeness (QED) is 0.813. The van der Waals surface area contributed by atoms with E-state index < -0.39 is 28.8 Å². The Morgan fingerprint density at radius 3 is 2.33 bits per heavy atom. The Balaban J connectivity index is 3.65. The molecule has 0 heterocycles. The van der Waals surface area contributed by atoms with Crippen molar-refractivity contribution in [3.63, 3.8) is 0 Å². The van der Waals surface area contributed by atoms with E-state index in [0.717, 1.165) is 5.54 Å². The van der Waals surface area contributed by atoms with Crippen molar-refractivity contribution in [2.75, 3.05) is 0 Å². The monoisotopic (exact) mass is 257 g/mol. The Morgan fingerprint density at radius 2 is 1.94 bits per heavy atom. The molecule has 1 amide bonds. The summed E-state index contributed by atoms with van der Waals surface area (Å²) in [6.45, 7) is 3.42. The Kier molecular flexibility index (Phi) is 4.36. The molecule has 0 aliphatic carbocycles. The third-order valence-electron chi connectivity index (χ3n) is 2.74. The number of halogens is 2. The van der Waals surface area contributed by atoms with Gasteiger partial charge >= 0.3 is 5.97 Å². The lowest BCUT2D eigenvalue weighted by atomic mass is 9.94. The predicted octanol–water partition coefficient (Wildman–Crippen LogP) is 2.26. The maximum Gasteiger partial charge on any atom is 0.336 e. The first-order chi connectivity index (χ1) is 8.47. The van der Waals surface area contributed by atoms with Crippen molar-refractivity contribution in [1.29, 1.82) is 0 Å². The smallest absolute Gasteiger partial charge is 0.336 e. The first-order valence-electron chi connectivity index (χ1n) is 5.46. The molecule has 98 valence electrons. The first-order valence-corrected chi connectivity index (χ1v) is 5.46. The van der Waals surface area contributed by atoms with Crippen LogP contribution in [0.5, 0.6) is 0 Å². The van der Waals surface area contributed by atoms with Gasteiger partial charge in [0, 0.05) is 0 Å². The third-order valence-corrected chi connectivity index (χ3v) is 2.74. The molecular weight excluding hydrogens is 244 g/mol. The van der Waals surface area contributed by atoms with Gasteiger partial charge in [-0.1, -0.05) is 18.3 Å².